The first kappa shape index (κ1) is 11.1. The van der Waals surface area contributed by atoms with Gasteiger partial charge in [0.2, 0.25) is 0 Å². The predicted molar refractivity (Wildman–Crippen MR) is 63.0 cm³/mol. The van der Waals surface area contributed by atoms with Crippen LogP contribution in [0.25, 0.3) is 0 Å². The van der Waals surface area contributed by atoms with Crippen LogP contribution in [0.4, 0.5) is 5.69 Å². The summed E-state index contributed by atoms with van der Waals surface area (Å²) >= 11 is 0. The van der Waals surface area contributed by atoms with E-state index in [1.54, 1.807) is 0 Å². The Balaban J connectivity index is 2.50. The molecule has 0 aliphatic carbocycles. The summed E-state index contributed by atoms with van der Waals surface area (Å²) in [6.07, 6.45) is 0. The van der Waals surface area contributed by atoms with Crippen molar-refractivity contribution in [1.29, 1.82) is 0 Å². The van der Waals surface area contributed by atoms with Crippen LogP contribution < -0.4 is 5.32 Å². The molecule has 14 heavy (non-hydrogen) atoms. The van der Waals surface area contributed by atoms with Gasteiger partial charge in [-0.3, -0.25) is 0 Å². The molecule has 0 atom stereocenters. The molecule has 0 spiro atoms. The third-order valence-corrected chi connectivity index (χ3v) is 2.11. The standard InChI is InChI=1S/C12H20N2/c1-10-7-11(2)9-12(8-10)13-5-6-14(3)4/h7-9,13H,5-6H2,1-4H3. The summed E-state index contributed by atoms with van der Waals surface area (Å²) in [5.41, 5.74) is 3.86. The highest BCUT2D eigenvalue weighted by atomic mass is 15.1. The average Bonchev–Trinajstić information content (AvgIpc) is 2.01. The van der Waals surface area contributed by atoms with Crippen molar-refractivity contribution in [1.82, 2.24) is 4.90 Å². The van der Waals surface area contributed by atoms with Gasteiger partial charge in [0.05, 0.1) is 0 Å². The van der Waals surface area contributed by atoms with Gasteiger partial charge in [0, 0.05) is 18.8 Å². The molecule has 0 fully saturated rings. The van der Waals surface area contributed by atoms with Gasteiger partial charge in [0.25, 0.3) is 0 Å². The minimum absolute atomic E-state index is 0.996. The molecule has 0 aliphatic rings. The minimum Gasteiger partial charge on any atom is -0.384 e. The van der Waals surface area contributed by atoms with Crippen LogP contribution in [-0.2, 0) is 0 Å². The second kappa shape index (κ2) is 5.01. The second-order valence-electron chi connectivity index (χ2n) is 4.11. The molecule has 0 radical (unpaired) electrons. The molecular weight excluding hydrogens is 172 g/mol. The summed E-state index contributed by atoms with van der Waals surface area (Å²) in [5, 5.41) is 3.42. The molecule has 1 aromatic rings. The van der Waals surface area contributed by atoms with E-state index in [1.807, 2.05) is 0 Å². The highest BCUT2D eigenvalue weighted by Gasteiger charge is 1.95. The van der Waals surface area contributed by atoms with E-state index in [-0.39, 0.29) is 0 Å². The molecule has 78 valence electrons. The van der Waals surface area contributed by atoms with Crippen LogP contribution in [-0.4, -0.2) is 32.1 Å². The van der Waals surface area contributed by atoms with Crippen LogP contribution in [0.3, 0.4) is 0 Å². The highest BCUT2D eigenvalue weighted by Crippen LogP contribution is 2.13. The largest absolute Gasteiger partial charge is 0.384 e. The lowest BCUT2D eigenvalue weighted by Gasteiger charge is -2.12. The summed E-state index contributed by atoms with van der Waals surface area (Å²) in [6, 6.07) is 6.56. The molecule has 0 amide bonds. The summed E-state index contributed by atoms with van der Waals surface area (Å²) < 4.78 is 0. The fourth-order valence-electron chi connectivity index (χ4n) is 1.50. The average molecular weight is 192 g/mol. The molecule has 0 bridgehead atoms. The van der Waals surface area contributed by atoms with Crippen molar-refractivity contribution in [2.45, 2.75) is 13.8 Å². The van der Waals surface area contributed by atoms with E-state index in [1.165, 1.54) is 16.8 Å². The number of nitrogens with one attached hydrogen (secondary N) is 1. The van der Waals surface area contributed by atoms with Gasteiger partial charge in [-0.25, -0.2) is 0 Å². The van der Waals surface area contributed by atoms with E-state index in [0.717, 1.165) is 13.1 Å². The number of rotatable bonds is 4. The summed E-state index contributed by atoms with van der Waals surface area (Å²) in [7, 11) is 4.17. The van der Waals surface area contributed by atoms with Gasteiger partial charge in [-0.15, -0.1) is 0 Å². The number of anilines is 1. The molecule has 0 aromatic heterocycles. The van der Waals surface area contributed by atoms with Gasteiger partial charge < -0.3 is 10.2 Å². The topological polar surface area (TPSA) is 15.3 Å². The molecule has 0 saturated heterocycles. The number of likely N-dealkylation sites (N-methyl/N-ethyl adjacent to an activating group) is 1. The predicted octanol–water partition coefficient (Wildman–Crippen LogP) is 2.28. The van der Waals surface area contributed by atoms with Gasteiger partial charge in [-0.05, 0) is 51.2 Å². The third-order valence-electron chi connectivity index (χ3n) is 2.11. The zero-order chi connectivity index (χ0) is 10.6. The van der Waals surface area contributed by atoms with Crippen molar-refractivity contribution >= 4 is 5.69 Å². The first-order valence-electron chi connectivity index (χ1n) is 5.05. The Labute approximate surface area is 86.9 Å². The van der Waals surface area contributed by atoms with Crippen molar-refractivity contribution in [3.8, 4) is 0 Å². The van der Waals surface area contributed by atoms with Gasteiger partial charge in [-0.1, -0.05) is 6.07 Å². The van der Waals surface area contributed by atoms with Crippen molar-refractivity contribution in [2.75, 3.05) is 32.5 Å². The number of hydrogen-bond acceptors (Lipinski definition) is 2. The smallest absolute Gasteiger partial charge is 0.0345 e. The normalized spacial score (nSPS) is 10.6. The SMILES string of the molecule is Cc1cc(C)cc(NCCN(C)C)c1. The molecule has 1 N–H and O–H groups in total. The van der Waals surface area contributed by atoms with Gasteiger partial charge in [-0.2, -0.15) is 0 Å². The maximum Gasteiger partial charge on any atom is 0.0345 e. The Kier molecular flexibility index (Phi) is 3.96. The molecule has 0 heterocycles. The van der Waals surface area contributed by atoms with E-state index in [4.69, 9.17) is 0 Å². The summed E-state index contributed by atoms with van der Waals surface area (Å²) in [4.78, 5) is 2.18. The van der Waals surface area contributed by atoms with Crippen LogP contribution >= 0.6 is 0 Å². The van der Waals surface area contributed by atoms with E-state index >= 15 is 0 Å². The van der Waals surface area contributed by atoms with Crippen LogP contribution in [0.1, 0.15) is 11.1 Å². The lowest BCUT2D eigenvalue weighted by molar-refractivity contribution is 0.425. The van der Waals surface area contributed by atoms with Gasteiger partial charge >= 0.3 is 0 Å². The zero-order valence-corrected chi connectivity index (χ0v) is 9.59. The molecule has 0 unspecified atom stereocenters. The molecule has 0 aliphatic heterocycles. The fraction of sp³-hybridized carbons (Fsp3) is 0.500. The molecule has 2 heteroatoms. The Hall–Kier alpha value is -1.02. The molecule has 0 saturated carbocycles. The monoisotopic (exact) mass is 192 g/mol. The maximum atomic E-state index is 3.42. The summed E-state index contributed by atoms with van der Waals surface area (Å²) in [6.45, 7) is 6.32. The van der Waals surface area contributed by atoms with Gasteiger partial charge in [0.15, 0.2) is 0 Å². The fourth-order valence-corrected chi connectivity index (χ4v) is 1.50. The first-order chi connectivity index (χ1) is 6.58. The number of benzene rings is 1. The maximum absolute atomic E-state index is 3.42. The number of hydrogen-bond donors (Lipinski definition) is 1. The zero-order valence-electron chi connectivity index (χ0n) is 9.59. The van der Waals surface area contributed by atoms with Crippen LogP contribution in [0.5, 0.6) is 0 Å². The Morgan fingerprint density at radius 2 is 1.64 bits per heavy atom. The molecule has 1 rings (SSSR count). The molecule has 2 nitrogen and oxygen atoms in total. The Morgan fingerprint density at radius 1 is 1.07 bits per heavy atom. The van der Waals surface area contributed by atoms with Crippen molar-refractivity contribution in [3.05, 3.63) is 29.3 Å². The van der Waals surface area contributed by atoms with Gasteiger partial charge in [0.1, 0.15) is 0 Å². The van der Waals surface area contributed by atoms with Crippen LogP contribution in [0.2, 0.25) is 0 Å². The van der Waals surface area contributed by atoms with Crippen molar-refractivity contribution in [2.24, 2.45) is 0 Å². The van der Waals surface area contributed by atoms with Crippen molar-refractivity contribution in [3.63, 3.8) is 0 Å². The van der Waals surface area contributed by atoms with E-state index in [0.29, 0.717) is 0 Å². The lowest BCUT2D eigenvalue weighted by Crippen LogP contribution is -2.20. The molecule has 1 aromatic carbocycles. The Bertz CT molecular complexity index is 272. The van der Waals surface area contributed by atoms with E-state index < -0.39 is 0 Å². The third kappa shape index (κ3) is 3.79. The lowest BCUT2D eigenvalue weighted by atomic mass is 10.1. The first-order valence-corrected chi connectivity index (χ1v) is 5.05. The quantitative estimate of drug-likeness (QED) is 0.787. The van der Waals surface area contributed by atoms with E-state index in [9.17, 15) is 0 Å². The second-order valence-corrected chi connectivity index (χ2v) is 4.11. The van der Waals surface area contributed by atoms with Crippen LogP contribution in [0.15, 0.2) is 18.2 Å². The highest BCUT2D eigenvalue weighted by molar-refractivity contribution is 5.48. The molecular formula is C12H20N2. The Morgan fingerprint density at radius 3 is 2.14 bits per heavy atom. The van der Waals surface area contributed by atoms with Crippen molar-refractivity contribution < 1.29 is 0 Å². The van der Waals surface area contributed by atoms with Crippen LogP contribution in [0, 0.1) is 13.8 Å². The minimum atomic E-state index is 0.996. The number of nitrogens with zero attached hydrogens (tertiary/aromatic N) is 1. The number of aryl methyl sites for hydroxylation is 2. The summed E-state index contributed by atoms with van der Waals surface area (Å²) in [5.74, 6) is 0. The van der Waals surface area contributed by atoms with E-state index in [2.05, 4.69) is 56.4 Å².